The zero-order valence-corrected chi connectivity index (χ0v) is 30.8. The molecule has 10 aromatic rings. The third-order valence-corrected chi connectivity index (χ3v) is 12.8. The van der Waals surface area contributed by atoms with Gasteiger partial charge >= 0.3 is 0 Å². The largest absolute Gasteiger partial charge is 0.0622 e. The lowest BCUT2D eigenvalue weighted by atomic mass is 9.78. The number of rotatable bonds is 3. The summed E-state index contributed by atoms with van der Waals surface area (Å²) in [5.74, 6) is 0. The van der Waals surface area contributed by atoms with Crippen LogP contribution in [0.4, 0.5) is 0 Å². The predicted octanol–water partition coefficient (Wildman–Crippen LogP) is 15.3. The summed E-state index contributed by atoms with van der Waals surface area (Å²) in [6.45, 7) is 4.78. The summed E-state index contributed by atoms with van der Waals surface area (Å²) in [7, 11) is 0. The average Bonchev–Trinajstić information content (AvgIpc) is 3.68. The second kappa shape index (κ2) is 11.1. The lowest BCUT2D eigenvalue weighted by Crippen LogP contribution is -2.14. The van der Waals surface area contributed by atoms with Crippen LogP contribution >= 0.6 is 0 Å². The monoisotopic (exact) mass is 696 g/mol. The van der Waals surface area contributed by atoms with Crippen molar-refractivity contribution in [3.8, 4) is 66.8 Å². The lowest BCUT2D eigenvalue weighted by Gasteiger charge is -2.25. The molecule has 0 N–H and O–H groups in total. The molecule has 256 valence electrons. The van der Waals surface area contributed by atoms with E-state index in [-0.39, 0.29) is 5.41 Å². The van der Waals surface area contributed by atoms with E-state index >= 15 is 0 Å². The van der Waals surface area contributed by atoms with Gasteiger partial charge in [0.1, 0.15) is 0 Å². The van der Waals surface area contributed by atoms with E-state index in [0.717, 1.165) is 0 Å². The van der Waals surface area contributed by atoms with Crippen LogP contribution in [0.1, 0.15) is 25.0 Å². The van der Waals surface area contributed by atoms with Gasteiger partial charge in [0, 0.05) is 5.41 Å². The SMILES string of the molecule is CC1(C)c2ccccc2-c2ccc(-c3c4c(c(-c5c6ccccc6c(-c6ccccc6)c6ccccc56)c5ccccc35)-c3cccc5cccc-4c35)cc21. The minimum atomic E-state index is -0.0951. The van der Waals surface area contributed by atoms with Crippen molar-refractivity contribution in [1.29, 1.82) is 0 Å². The van der Waals surface area contributed by atoms with Crippen molar-refractivity contribution in [3.63, 3.8) is 0 Å². The van der Waals surface area contributed by atoms with Crippen molar-refractivity contribution in [3.05, 3.63) is 193 Å². The normalized spacial score (nSPS) is 13.4. The summed E-state index contributed by atoms with van der Waals surface area (Å²) in [5, 5.41) is 10.3. The second-order valence-electron chi connectivity index (χ2n) is 15.9. The zero-order chi connectivity index (χ0) is 36.4. The molecule has 0 fully saturated rings. The topological polar surface area (TPSA) is 0 Å². The van der Waals surface area contributed by atoms with Gasteiger partial charge in [-0.3, -0.25) is 0 Å². The van der Waals surface area contributed by atoms with Gasteiger partial charge in [-0.05, 0) is 127 Å². The summed E-state index contributed by atoms with van der Waals surface area (Å²) in [4.78, 5) is 0. The molecule has 0 saturated heterocycles. The summed E-state index contributed by atoms with van der Waals surface area (Å²) >= 11 is 0. The molecule has 10 aromatic carbocycles. The van der Waals surface area contributed by atoms with E-state index in [0.29, 0.717) is 0 Å². The van der Waals surface area contributed by atoms with E-state index in [9.17, 15) is 0 Å². The molecule has 0 aliphatic heterocycles. The molecule has 0 saturated carbocycles. The van der Waals surface area contributed by atoms with Gasteiger partial charge in [-0.15, -0.1) is 0 Å². The molecule has 55 heavy (non-hydrogen) atoms. The Morgan fingerprint density at radius 3 is 1.40 bits per heavy atom. The van der Waals surface area contributed by atoms with Crippen LogP contribution in [0.25, 0.3) is 110 Å². The highest BCUT2D eigenvalue weighted by Crippen LogP contribution is 2.60. The molecular weight excluding hydrogens is 661 g/mol. The predicted molar refractivity (Wildman–Crippen MR) is 235 cm³/mol. The summed E-state index contributed by atoms with van der Waals surface area (Å²) in [6, 6.07) is 68.3. The maximum atomic E-state index is 2.51. The van der Waals surface area contributed by atoms with Crippen LogP contribution in [0.15, 0.2) is 182 Å². The highest BCUT2D eigenvalue weighted by Gasteiger charge is 2.37. The third-order valence-electron chi connectivity index (χ3n) is 12.8. The van der Waals surface area contributed by atoms with Crippen molar-refractivity contribution in [2.45, 2.75) is 19.3 Å². The van der Waals surface area contributed by atoms with Crippen molar-refractivity contribution < 1.29 is 0 Å². The van der Waals surface area contributed by atoms with Crippen LogP contribution in [-0.4, -0.2) is 0 Å². The fourth-order valence-corrected chi connectivity index (χ4v) is 10.5. The zero-order valence-electron chi connectivity index (χ0n) is 30.8. The van der Waals surface area contributed by atoms with Gasteiger partial charge < -0.3 is 0 Å². The van der Waals surface area contributed by atoms with Crippen LogP contribution in [-0.2, 0) is 5.41 Å². The molecule has 12 rings (SSSR count). The highest BCUT2D eigenvalue weighted by molar-refractivity contribution is 6.32. The van der Waals surface area contributed by atoms with Gasteiger partial charge in [-0.2, -0.15) is 0 Å². The molecule has 0 nitrogen and oxygen atoms in total. The lowest BCUT2D eigenvalue weighted by molar-refractivity contribution is 0.660. The summed E-state index contributed by atoms with van der Waals surface area (Å²) in [5.41, 5.74) is 18.5. The van der Waals surface area contributed by atoms with Crippen LogP contribution < -0.4 is 0 Å². The van der Waals surface area contributed by atoms with Crippen molar-refractivity contribution in [2.24, 2.45) is 0 Å². The van der Waals surface area contributed by atoms with Gasteiger partial charge in [0.25, 0.3) is 0 Å². The Bertz CT molecular complexity index is 3210. The van der Waals surface area contributed by atoms with E-state index < -0.39 is 0 Å². The van der Waals surface area contributed by atoms with Gasteiger partial charge in [0.2, 0.25) is 0 Å². The minimum Gasteiger partial charge on any atom is -0.0622 e. The Labute approximate surface area is 321 Å². The fraction of sp³-hybridized carbons (Fsp3) is 0.0545. The molecule has 0 unspecified atom stereocenters. The van der Waals surface area contributed by atoms with Crippen molar-refractivity contribution in [2.75, 3.05) is 0 Å². The van der Waals surface area contributed by atoms with Gasteiger partial charge in [0.15, 0.2) is 0 Å². The quantitative estimate of drug-likeness (QED) is 0.161. The Morgan fingerprint density at radius 1 is 0.291 bits per heavy atom. The summed E-state index contributed by atoms with van der Waals surface area (Å²) < 4.78 is 0. The van der Waals surface area contributed by atoms with Crippen LogP contribution in [0.3, 0.4) is 0 Å². The van der Waals surface area contributed by atoms with Crippen LogP contribution in [0.2, 0.25) is 0 Å². The number of hydrogen-bond acceptors (Lipinski definition) is 0. The fourth-order valence-electron chi connectivity index (χ4n) is 10.5. The molecule has 0 heteroatoms. The van der Waals surface area contributed by atoms with Gasteiger partial charge in [0.05, 0.1) is 0 Å². The van der Waals surface area contributed by atoms with E-state index in [1.54, 1.807) is 0 Å². The van der Waals surface area contributed by atoms with Crippen LogP contribution in [0, 0.1) is 0 Å². The Morgan fingerprint density at radius 2 is 0.764 bits per heavy atom. The number of fused-ring (bicyclic) bond motifs is 9. The Hall–Kier alpha value is -6.76. The van der Waals surface area contributed by atoms with E-state index in [2.05, 4.69) is 196 Å². The molecule has 0 radical (unpaired) electrons. The van der Waals surface area contributed by atoms with Crippen molar-refractivity contribution >= 4 is 43.1 Å². The Balaban J connectivity index is 1.27. The first kappa shape index (κ1) is 30.7. The van der Waals surface area contributed by atoms with Gasteiger partial charge in [-0.25, -0.2) is 0 Å². The second-order valence-corrected chi connectivity index (χ2v) is 15.9. The average molecular weight is 697 g/mol. The molecule has 2 aliphatic carbocycles. The Kier molecular flexibility index (Phi) is 6.21. The number of benzene rings is 10. The van der Waals surface area contributed by atoms with Crippen molar-refractivity contribution in [1.82, 2.24) is 0 Å². The number of hydrogen-bond donors (Lipinski definition) is 0. The molecule has 0 heterocycles. The third kappa shape index (κ3) is 4.06. The standard InChI is InChI=1S/C55H36/c1-55(2)46-29-13-12-20-36(46)37-31-30-35(32-47(37)55)50-40-23-8-11-26-43(40)52(54-45-28-15-19-34-18-14-27-44(49(34)45)53(50)54)51-41-24-9-6-21-38(41)48(33-16-4-3-5-17-33)39-22-7-10-25-42(39)51/h3-32H,1-2H3. The minimum absolute atomic E-state index is 0.0951. The molecule has 2 aliphatic rings. The van der Waals surface area contributed by atoms with Crippen LogP contribution in [0.5, 0.6) is 0 Å². The first-order chi connectivity index (χ1) is 27.1. The summed E-state index contributed by atoms with van der Waals surface area (Å²) in [6.07, 6.45) is 0. The maximum Gasteiger partial charge on any atom is 0.0159 e. The van der Waals surface area contributed by atoms with E-state index in [1.807, 2.05) is 0 Å². The molecule has 0 atom stereocenters. The first-order valence-corrected chi connectivity index (χ1v) is 19.4. The smallest absolute Gasteiger partial charge is 0.0159 e. The molecule has 0 aromatic heterocycles. The highest BCUT2D eigenvalue weighted by atomic mass is 14.4. The van der Waals surface area contributed by atoms with E-state index in [1.165, 1.54) is 121 Å². The van der Waals surface area contributed by atoms with Gasteiger partial charge in [-0.1, -0.05) is 190 Å². The molecule has 0 bridgehead atoms. The molecule has 0 amide bonds. The molecular formula is C55H36. The first-order valence-electron chi connectivity index (χ1n) is 19.4. The molecule has 0 spiro atoms. The van der Waals surface area contributed by atoms with E-state index in [4.69, 9.17) is 0 Å². The maximum absolute atomic E-state index is 2.51.